The number of fused-ring (bicyclic) bond motifs is 1. The second-order valence-corrected chi connectivity index (χ2v) is 11.5. The van der Waals surface area contributed by atoms with E-state index in [0.717, 1.165) is 28.6 Å². The quantitative estimate of drug-likeness (QED) is 0.446. The first kappa shape index (κ1) is 26.3. The van der Waals surface area contributed by atoms with Crippen molar-refractivity contribution in [2.45, 2.75) is 29.0 Å². The highest BCUT2D eigenvalue weighted by Gasteiger charge is 2.33. The first-order valence-corrected chi connectivity index (χ1v) is 13.6. The number of halogens is 3. The van der Waals surface area contributed by atoms with Crippen molar-refractivity contribution in [3.05, 3.63) is 77.9 Å². The summed E-state index contributed by atoms with van der Waals surface area (Å²) in [5, 5.41) is 9.45. The lowest BCUT2D eigenvalue weighted by Gasteiger charge is -2.31. The molecule has 0 spiro atoms. The Morgan fingerprint density at radius 3 is 2.30 bits per heavy atom. The fourth-order valence-electron chi connectivity index (χ4n) is 3.88. The third kappa shape index (κ3) is 5.64. The fourth-order valence-corrected chi connectivity index (χ4v) is 6.64. The molecule has 1 aliphatic rings. The molecule has 14 heteroatoms. The van der Waals surface area contributed by atoms with Crippen LogP contribution >= 0.6 is 0 Å². The highest BCUT2D eigenvalue weighted by molar-refractivity contribution is 7.93. The minimum Gasteiger partial charge on any atom is -0.478 e. The number of nitrogens with zero attached hydrogens (tertiary/aromatic N) is 1. The standard InChI is InChI=1S/C23H19F3N2O7S2/c24-23(25,26)35-17-9-11-18(12-10-17)36(31,32)27-16-8-7-15-4-3-13-28(20(15)14-16)37(33,34)21-6-2-1-5-19(21)22(29)30/h1-2,5-12,14,27H,3-4,13H2,(H,29,30). The van der Waals surface area contributed by atoms with E-state index in [1.165, 1.54) is 36.4 Å². The smallest absolute Gasteiger partial charge is 0.478 e. The van der Waals surface area contributed by atoms with Gasteiger partial charge in [0.15, 0.2) is 0 Å². The van der Waals surface area contributed by atoms with Gasteiger partial charge < -0.3 is 9.84 Å². The molecule has 0 saturated heterocycles. The Balaban J connectivity index is 1.66. The molecule has 37 heavy (non-hydrogen) atoms. The Bertz CT molecular complexity index is 1560. The summed E-state index contributed by atoms with van der Waals surface area (Å²) in [5.41, 5.74) is 0.396. The molecule has 0 amide bonds. The number of hydrogen-bond donors (Lipinski definition) is 2. The van der Waals surface area contributed by atoms with E-state index in [1.807, 2.05) is 0 Å². The van der Waals surface area contributed by atoms with Crippen molar-refractivity contribution in [3.8, 4) is 5.75 Å². The van der Waals surface area contributed by atoms with E-state index in [-0.39, 0.29) is 22.8 Å². The van der Waals surface area contributed by atoms with Crippen molar-refractivity contribution < 1.29 is 44.6 Å². The number of ether oxygens (including phenoxy) is 1. The molecule has 3 aromatic rings. The number of nitrogens with one attached hydrogen (secondary N) is 1. The fraction of sp³-hybridized carbons (Fsp3) is 0.174. The van der Waals surface area contributed by atoms with Crippen LogP contribution in [0, 0.1) is 0 Å². The van der Waals surface area contributed by atoms with Crippen LogP contribution in [0.4, 0.5) is 24.5 Å². The first-order chi connectivity index (χ1) is 17.3. The lowest BCUT2D eigenvalue weighted by Crippen LogP contribution is -2.36. The number of carboxylic acid groups (broad SMARTS) is 1. The number of benzene rings is 3. The van der Waals surface area contributed by atoms with E-state index in [4.69, 9.17) is 0 Å². The van der Waals surface area contributed by atoms with Crippen LogP contribution in [-0.4, -0.2) is 40.8 Å². The second kappa shape index (κ2) is 9.59. The molecular formula is C23H19F3N2O7S2. The van der Waals surface area contributed by atoms with Gasteiger partial charge in [-0.15, -0.1) is 13.2 Å². The molecule has 0 unspecified atom stereocenters. The summed E-state index contributed by atoms with van der Waals surface area (Å²) < 4.78 is 96.7. The second-order valence-electron chi connectivity index (χ2n) is 7.95. The van der Waals surface area contributed by atoms with E-state index < -0.39 is 48.6 Å². The number of hydrogen-bond acceptors (Lipinski definition) is 6. The number of rotatable bonds is 7. The van der Waals surface area contributed by atoms with Crippen LogP contribution < -0.4 is 13.8 Å². The molecule has 0 radical (unpaired) electrons. The van der Waals surface area contributed by atoms with E-state index in [2.05, 4.69) is 9.46 Å². The molecule has 0 saturated carbocycles. The molecule has 0 aromatic heterocycles. The molecule has 0 aliphatic carbocycles. The van der Waals surface area contributed by atoms with Crippen molar-refractivity contribution >= 4 is 37.4 Å². The van der Waals surface area contributed by atoms with Gasteiger partial charge in [-0.2, -0.15) is 0 Å². The predicted molar refractivity (Wildman–Crippen MR) is 127 cm³/mol. The van der Waals surface area contributed by atoms with E-state index in [0.29, 0.717) is 18.4 Å². The Morgan fingerprint density at radius 1 is 0.973 bits per heavy atom. The predicted octanol–water partition coefficient (Wildman–Crippen LogP) is 4.23. The average molecular weight is 557 g/mol. The van der Waals surface area contributed by atoms with Crippen molar-refractivity contribution in [1.82, 2.24) is 0 Å². The molecule has 4 rings (SSSR count). The minimum atomic E-state index is -4.93. The van der Waals surface area contributed by atoms with Crippen molar-refractivity contribution in [2.75, 3.05) is 15.6 Å². The summed E-state index contributed by atoms with van der Waals surface area (Å²) in [5.74, 6) is -2.01. The lowest BCUT2D eigenvalue weighted by atomic mass is 10.0. The van der Waals surface area contributed by atoms with Crippen LogP contribution in [0.5, 0.6) is 5.75 Å². The van der Waals surface area contributed by atoms with Gasteiger partial charge in [0, 0.05) is 6.54 Å². The summed E-state index contributed by atoms with van der Waals surface area (Å²) in [6, 6.07) is 13.0. The van der Waals surface area contributed by atoms with Crippen LogP contribution in [0.2, 0.25) is 0 Å². The van der Waals surface area contributed by atoms with Gasteiger partial charge in [-0.3, -0.25) is 9.03 Å². The zero-order valence-electron chi connectivity index (χ0n) is 18.8. The number of carboxylic acids is 1. The van der Waals surface area contributed by atoms with Gasteiger partial charge in [0.05, 0.1) is 21.8 Å². The summed E-state index contributed by atoms with van der Waals surface area (Å²) in [7, 11) is -8.57. The maximum absolute atomic E-state index is 13.5. The summed E-state index contributed by atoms with van der Waals surface area (Å²) >= 11 is 0. The molecule has 9 nitrogen and oxygen atoms in total. The number of aromatic carboxylic acids is 1. The maximum atomic E-state index is 13.5. The highest BCUT2D eigenvalue weighted by Crippen LogP contribution is 2.35. The van der Waals surface area contributed by atoms with Gasteiger partial charge in [0.1, 0.15) is 10.6 Å². The number of carbonyl (C=O) groups is 1. The normalized spacial score (nSPS) is 14.1. The summed E-state index contributed by atoms with van der Waals surface area (Å²) in [4.78, 5) is 10.9. The molecule has 0 atom stereocenters. The van der Waals surface area contributed by atoms with Crippen LogP contribution in [-0.2, 0) is 26.5 Å². The molecule has 1 heterocycles. The largest absolute Gasteiger partial charge is 0.573 e. The van der Waals surface area contributed by atoms with E-state index in [1.54, 1.807) is 6.07 Å². The monoisotopic (exact) mass is 556 g/mol. The molecule has 2 N–H and O–H groups in total. The van der Waals surface area contributed by atoms with E-state index >= 15 is 0 Å². The van der Waals surface area contributed by atoms with Gasteiger partial charge in [-0.05, 0) is 66.9 Å². The van der Waals surface area contributed by atoms with Crippen molar-refractivity contribution in [2.24, 2.45) is 0 Å². The highest BCUT2D eigenvalue weighted by atomic mass is 32.2. The van der Waals surface area contributed by atoms with Crippen LogP contribution in [0.1, 0.15) is 22.3 Å². The topological polar surface area (TPSA) is 130 Å². The Labute approximate surface area is 210 Å². The molecular weight excluding hydrogens is 537 g/mol. The zero-order chi connectivity index (χ0) is 27.0. The maximum Gasteiger partial charge on any atom is 0.573 e. The molecule has 3 aromatic carbocycles. The molecule has 196 valence electrons. The van der Waals surface area contributed by atoms with Gasteiger partial charge in [-0.25, -0.2) is 21.6 Å². The third-order valence-electron chi connectivity index (χ3n) is 5.47. The lowest BCUT2D eigenvalue weighted by molar-refractivity contribution is -0.274. The molecule has 1 aliphatic heterocycles. The Morgan fingerprint density at radius 2 is 1.65 bits per heavy atom. The summed E-state index contributed by atoms with van der Waals surface area (Å²) in [6.07, 6.45) is -3.96. The Hall–Kier alpha value is -3.78. The average Bonchev–Trinajstić information content (AvgIpc) is 2.82. The Kier molecular flexibility index (Phi) is 6.81. The summed E-state index contributed by atoms with van der Waals surface area (Å²) in [6.45, 7) is 0.0418. The SMILES string of the molecule is O=C(O)c1ccccc1S(=O)(=O)N1CCCc2ccc(NS(=O)(=O)c3ccc(OC(F)(F)F)cc3)cc21. The van der Waals surface area contributed by atoms with Gasteiger partial charge >= 0.3 is 12.3 Å². The van der Waals surface area contributed by atoms with Crippen LogP contribution in [0.3, 0.4) is 0 Å². The number of alkyl halides is 3. The number of anilines is 2. The van der Waals surface area contributed by atoms with Gasteiger partial charge in [-0.1, -0.05) is 18.2 Å². The van der Waals surface area contributed by atoms with Gasteiger partial charge in [0.2, 0.25) is 0 Å². The van der Waals surface area contributed by atoms with Crippen LogP contribution in [0.15, 0.2) is 76.5 Å². The third-order valence-corrected chi connectivity index (χ3v) is 8.74. The molecule has 0 bridgehead atoms. The van der Waals surface area contributed by atoms with Crippen LogP contribution in [0.25, 0.3) is 0 Å². The number of sulfonamides is 2. The number of aryl methyl sites for hydroxylation is 1. The van der Waals surface area contributed by atoms with Gasteiger partial charge in [0.25, 0.3) is 20.0 Å². The molecule has 0 fully saturated rings. The van der Waals surface area contributed by atoms with Crippen molar-refractivity contribution in [1.29, 1.82) is 0 Å². The first-order valence-electron chi connectivity index (χ1n) is 10.6. The van der Waals surface area contributed by atoms with E-state index in [9.17, 15) is 39.9 Å². The minimum absolute atomic E-state index is 0.00277. The zero-order valence-corrected chi connectivity index (χ0v) is 20.4. The van der Waals surface area contributed by atoms with Crippen molar-refractivity contribution in [3.63, 3.8) is 0 Å².